The van der Waals surface area contributed by atoms with Gasteiger partial charge in [0.05, 0.1) is 0 Å². The van der Waals surface area contributed by atoms with Gasteiger partial charge in [-0.2, -0.15) is 12.6 Å². The lowest BCUT2D eigenvalue weighted by atomic mass is 10.0. The lowest BCUT2D eigenvalue weighted by Crippen LogP contribution is -2.52. The summed E-state index contributed by atoms with van der Waals surface area (Å²) >= 11 is 4.48. The fourth-order valence-electron chi connectivity index (χ4n) is 2.63. The third kappa shape index (κ3) is 4.27. The van der Waals surface area contributed by atoms with Gasteiger partial charge in [-0.05, 0) is 31.6 Å². The molecule has 0 saturated carbocycles. The molecule has 0 spiro atoms. The predicted molar refractivity (Wildman–Crippen MR) is 75.4 cm³/mol. The Hall–Kier alpha value is 0.270. The monoisotopic (exact) mass is 244 g/mol. The van der Waals surface area contributed by atoms with Gasteiger partial charge in [-0.15, -0.1) is 0 Å². The molecule has 2 nitrogen and oxygen atoms in total. The van der Waals surface area contributed by atoms with E-state index < -0.39 is 0 Å². The average molecular weight is 244 g/mol. The summed E-state index contributed by atoms with van der Waals surface area (Å²) < 4.78 is 0. The fourth-order valence-corrected chi connectivity index (χ4v) is 2.93. The number of piperazine rings is 1. The summed E-state index contributed by atoms with van der Waals surface area (Å²) in [4.78, 5) is 5.15. The summed E-state index contributed by atoms with van der Waals surface area (Å²) in [5.74, 6) is 1.83. The second-order valence-corrected chi connectivity index (χ2v) is 5.50. The van der Waals surface area contributed by atoms with Gasteiger partial charge in [0.2, 0.25) is 0 Å². The highest BCUT2D eigenvalue weighted by atomic mass is 32.1. The van der Waals surface area contributed by atoms with E-state index in [9.17, 15) is 0 Å². The van der Waals surface area contributed by atoms with E-state index in [0.717, 1.165) is 17.7 Å². The summed E-state index contributed by atoms with van der Waals surface area (Å²) in [5.41, 5.74) is 0. The molecule has 1 aliphatic heterocycles. The molecule has 1 heterocycles. The predicted octanol–water partition coefficient (Wildman–Crippen LogP) is 2.36. The van der Waals surface area contributed by atoms with Crippen molar-refractivity contribution in [1.82, 2.24) is 9.80 Å². The highest BCUT2D eigenvalue weighted by Crippen LogP contribution is 2.15. The van der Waals surface area contributed by atoms with Crippen molar-refractivity contribution in [2.45, 2.75) is 39.2 Å². The molecule has 16 heavy (non-hydrogen) atoms. The molecule has 2 unspecified atom stereocenters. The normalized spacial score (nSPS) is 25.9. The molecule has 0 radical (unpaired) electrons. The summed E-state index contributed by atoms with van der Waals surface area (Å²) in [6.45, 7) is 9.54. The van der Waals surface area contributed by atoms with Crippen LogP contribution >= 0.6 is 12.6 Å². The fraction of sp³-hybridized carbons (Fsp3) is 1.00. The number of hydrogen-bond acceptors (Lipinski definition) is 3. The van der Waals surface area contributed by atoms with E-state index in [1.54, 1.807) is 0 Å². The summed E-state index contributed by atoms with van der Waals surface area (Å²) in [6.07, 6.45) is 3.88. The summed E-state index contributed by atoms with van der Waals surface area (Å²) in [7, 11) is 2.26. The Labute approximate surface area is 107 Å². The van der Waals surface area contributed by atoms with Crippen LogP contribution in [0, 0.1) is 5.92 Å². The van der Waals surface area contributed by atoms with Gasteiger partial charge in [-0.3, -0.25) is 0 Å². The Morgan fingerprint density at radius 2 is 2.06 bits per heavy atom. The molecule has 0 N–H and O–H groups in total. The van der Waals surface area contributed by atoms with Crippen LogP contribution in [0.15, 0.2) is 0 Å². The van der Waals surface area contributed by atoms with Crippen molar-refractivity contribution < 1.29 is 0 Å². The van der Waals surface area contributed by atoms with Crippen LogP contribution in [-0.2, 0) is 0 Å². The quantitative estimate of drug-likeness (QED) is 0.717. The Morgan fingerprint density at radius 1 is 1.31 bits per heavy atom. The topological polar surface area (TPSA) is 6.48 Å². The Kier molecular flexibility index (Phi) is 6.78. The van der Waals surface area contributed by atoms with Gasteiger partial charge in [0.15, 0.2) is 0 Å². The van der Waals surface area contributed by atoms with Gasteiger partial charge in [0.1, 0.15) is 0 Å². The second-order valence-electron chi connectivity index (χ2n) is 5.14. The molecule has 96 valence electrons. The van der Waals surface area contributed by atoms with Crippen molar-refractivity contribution in [2.24, 2.45) is 5.92 Å². The lowest BCUT2D eigenvalue weighted by molar-refractivity contribution is 0.0829. The van der Waals surface area contributed by atoms with Gasteiger partial charge in [-0.1, -0.05) is 20.3 Å². The number of likely N-dealkylation sites (N-methyl/N-ethyl adjacent to an activating group) is 1. The maximum atomic E-state index is 4.48. The van der Waals surface area contributed by atoms with Crippen molar-refractivity contribution in [3.8, 4) is 0 Å². The molecule has 0 bridgehead atoms. The first-order valence-corrected chi connectivity index (χ1v) is 7.37. The smallest absolute Gasteiger partial charge is 0.0218 e. The number of thiol groups is 1. The van der Waals surface area contributed by atoms with Crippen LogP contribution in [0.5, 0.6) is 0 Å². The van der Waals surface area contributed by atoms with Crippen LogP contribution in [0.25, 0.3) is 0 Å². The Morgan fingerprint density at radius 3 is 2.62 bits per heavy atom. The molecule has 0 aromatic carbocycles. The highest BCUT2D eigenvalue weighted by molar-refractivity contribution is 7.80. The van der Waals surface area contributed by atoms with Gasteiger partial charge < -0.3 is 9.80 Å². The number of hydrogen-bond donors (Lipinski definition) is 1. The van der Waals surface area contributed by atoms with Crippen molar-refractivity contribution in [1.29, 1.82) is 0 Å². The first kappa shape index (κ1) is 14.3. The Bertz CT molecular complexity index is 187. The molecule has 3 heteroatoms. The second kappa shape index (κ2) is 7.57. The van der Waals surface area contributed by atoms with Gasteiger partial charge >= 0.3 is 0 Å². The first-order chi connectivity index (χ1) is 7.71. The van der Waals surface area contributed by atoms with Crippen molar-refractivity contribution in [3.63, 3.8) is 0 Å². The molecule has 0 aliphatic carbocycles. The molecule has 2 atom stereocenters. The van der Waals surface area contributed by atoms with E-state index in [-0.39, 0.29) is 0 Å². The molecule has 1 rings (SSSR count). The van der Waals surface area contributed by atoms with Crippen LogP contribution in [-0.4, -0.2) is 54.8 Å². The average Bonchev–Trinajstić information content (AvgIpc) is 2.30. The van der Waals surface area contributed by atoms with Gasteiger partial charge in [-0.25, -0.2) is 0 Å². The zero-order chi connectivity index (χ0) is 12.0. The van der Waals surface area contributed by atoms with E-state index in [2.05, 4.69) is 43.3 Å². The van der Waals surface area contributed by atoms with E-state index in [4.69, 9.17) is 0 Å². The van der Waals surface area contributed by atoms with Gasteiger partial charge in [0, 0.05) is 32.2 Å². The minimum absolute atomic E-state index is 0.760. The van der Waals surface area contributed by atoms with Crippen LogP contribution in [0.3, 0.4) is 0 Å². The molecule has 0 aromatic heterocycles. The van der Waals surface area contributed by atoms with Crippen LogP contribution < -0.4 is 0 Å². The molecule has 1 fully saturated rings. The van der Waals surface area contributed by atoms with Crippen molar-refractivity contribution in [2.75, 3.05) is 39.0 Å². The third-order valence-corrected chi connectivity index (χ3v) is 4.32. The van der Waals surface area contributed by atoms with E-state index in [1.807, 2.05) is 0 Å². The number of nitrogens with zero attached hydrogens (tertiary/aromatic N) is 2. The van der Waals surface area contributed by atoms with Crippen LogP contribution in [0.4, 0.5) is 0 Å². The highest BCUT2D eigenvalue weighted by Gasteiger charge is 2.23. The minimum Gasteiger partial charge on any atom is -0.301 e. The van der Waals surface area contributed by atoms with Crippen molar-refractivity contribution in [3.05, 3.63) is 0 Å². The van der Waals surface area contributed by atoms with E-state index in [0.29, 0.717) is 0 Å². The zero-order valence-corrected chi connectivity index (χ0v) is 12.0. The largest absolute Gasteiger partial charge is 0.301 e. The molecule has 0 amide bonds. The standard InChI is InChI=1S/C13H28N2S/c1-4-6-12(11-16)9-15-8-7-14(3)13(5-2)10-15/h12-13,16H,4-11H2,1-3H3. The summed E-state index contributed by atoms with van der Waals surface area (Å²) in [5, 5.41) is 0. The Balaban J connectivity index is 2.36. The summed E-state index contributed by atoms with van der Waals surface area (Å²) in [6, 6.07) is 0.760. The van der Waals surface area contributed by atoms with Gasteiger partial charge in [0.25, 0.3) is 0 Å². The molecular weight excluding hydrogens is 216 g/mol. The first-order valence-electron chi connectivity index (χ1n) is 6.74. The molecule has 1 aliphatic rings. The molecular formula is C13H28N2S. The minimum atomic E-state index is 0.760. The molecule has 1 saturated heterocycles. The maximum Gasteiger partial charge on any atom is 0.0218 e. The third-order valence-electron chi connectivity index (χ3n) is 3.80. The van der Waals surface area contributed by atoms with E-state index in [1.165, 1.54) is 45.4 Å². The van der Waals surface area contributed by atoms with Crippen LogP contribution in [0.1, 0.15) is 33.1 Å². The maximum absolute atomic E-state index is 4.48. The SMILES string of the molecule is CCCC(CS)CN1CCN(C)C(CC)C1. The molecule has 0 aromatic rings. The van der Waals surface area contributed by atoms with E-state index >= 15 is 0 Å². The lowest BCUT2D eigenvalue weighted by Gasteiger charge is -2.40. The van der Waals surface area contributed by atoms with Crippen molar-refractivity contribution >= 4 is 12.6 Å². The van der Waals surface area contributed by atoms with Crippen LogP contribution in [0.2, 0.25) is 0 Å². The zero-order valence-electron chi connectivity index (χ0n) is 11.2. The number of rotatable bonds is 6.